The molecule has 18 heavy (non-hydrogen) atoms. The molecule has 0 bridgehead atoms. The first-order valence-corrected chi connectivity index (χ1v) is 6.45. The molecule has 0 saturated heterocycles. The van der Waals surface area contributed by atoms with Crippen LogP contribution in [-0.2, 0) is 6.54 Å². The third-order valence-electron chi connectivity index (χ3n) is 2.86. The third-order valence-corrected chi connectivity index (χ3v) is 2.86. The Morgan fingerprint density at radius 3 is 2.61 bits per heavy atom. The van der Waals surface area contributed by atoms with Crippen LogP contribution in [0.15, 0.2) is 24.3 Å². The second-order valence-electron chi connectivity index (χ2n) is 4.34. The summed E-state index contributed by atoms with van der Waals surface area (Å²) in [7, 11) is 0. The number of aliphatic hydroxyl groups excluding tert-OH is 1. The molecule has 4 nitrogen and oxygen atoms in total. The quantitative estimate of drug-likeness (QED) is 0.580. The van der Waals surface area contributed by atoms with E-state index in [9.17, 15) is 4.79 Å². The molecule has 0 aliphatic heterocycles. The van der Waals surface area contributed by atoms with Crippen LogP contribution in [0.4, 0.5) is 0 Å². The summed E-state index contributed by atoms with van der Waals surface area (Å²) in [6.45, 7) is 1.86. The van der Waals surface area contributed by atoms with E-state index in [1.54, 1.807) is 6.07 Å². The molecule has 1 amide bonds. The van der Waals surface area contributed by atoms with Gasteiger partial charge in [-0.15, -0.1) is 0 Å². The minimum Gasteiger partial charge on any atom is -0.396 e. The highest BCUT2D eigenvalue weighted by atomic mass is 16.2. The average molecular weight is 250 g/mol. The van der Waals surface area contributed by atoms with Crippen molar-refractivity contribution in [1.29, 1.82) is 0 Å². The van der Waals surface area contributed by atoms with Gasteiger partial charge in [-0.1, -0.05) is 31.0 Å². The van der Waals surface area contributed by atoms with Crippen LogP contribution < -0.4 is 11.1 Å². The SMILES string of the molecule is NC(=O)c1ccccc1CNCCCCCCO. The van der Waals surface area contributed by atoms with E-state index in [1.807, 2.05) is 18.2 Å². The van der Waals surface area contributed by atoms with Gasteiger partial charge in [-0.2, -0.15) is 0 Å². The smallest absolute Gasteiger partial charge is 0.249 e. The predicted molar refractivity (Wildman–Crippen MR) is 72.2 cm³/mol. The van der Waals surface area contributed by atoms with Gasteiger partial charge < -0.3 is 16.2 Å². The van der Waals surface area contributed by atoms with Crippen molar-refractivity contribution in [2.45, 2.75) is 32.2 Å². The van der Waals surface area contributed by atoms with Gasteiger partial charge in [0.25, 0.3) is 0 Å². The number of benzene rings is 1. The molecular weight excluding hydrogens is 228 g/mol. The Bertz CT molecular complexity index is 367. The van der Waals surface area contributed by atoms with Crippen molar-refractivity contribution < 1.29 is 9.90 Å². The molecule has 0 atom stereocenters. The number of nitrogens with two attached hydrogens (primary N) is 1. The summed E-state index contributed by atoms with van der Waals surface area (Å²) in [6.07, 6.45) is 4.14. The Balaban J connectivity index is 2.25. The molecule has 0 saturated carbocycles. The highest BCUT2D eigenvalue weighted by Gasteiger charge is 2.05. The predicted octanol–water partition coefficient (Wildman–Crippen LogP) is 1.43. The summed E-state index contributed by atoms with van der Waals surface area (Å²) < 4.78 is 0. The highest BCUT2D eigenvalue weighted by molar-refractivity contribution is 5.94. The van der Waals surface area contributed by atoms with Crippen molar-refractivity contribution in [2.24, 2.45) is 5.73 Å². The molecule has 4 heteroatoms. The van der Waals surface area contributed by atoms with Crippen LogP contribution in [-0.4, -0.2) is 24.2 Å². The molecule has 1 aromatic carbocycles. The molecule has 1 rings (SSSR count). The van der Waals surface area contributed by atoms with Crippen LogP contribution in [0.25, 0.3) is 0 Å². The van der Waals surface area contributed by atoms with E-state index >= 15 is 0 Å². The lowest BCUT2D eigenvalue weighted by Crippen LogP contribution is -2.19. The molecule has 0 unspecified atom stereocenters. The number of carbonyl (C=O) groups is 1. The van der Waals surface area contributed by atoms with Crippen LogP contribution in [0.1, 0.15) is 41.6 Å². The van der Waals surface area contributed by atoms with Gasteiger partial charge >= 0.3 is 0 Å². The number of aliphatic hydroxyl groups is 1. The second-order valence-corrected chi connectivity index (χ2v) is 4.34. The van der Waals surface area contributed by atoms with Crippen molar-refractivity contribution in [1.82, 2.24) is 5.32 Å². The first-order valence-electron chi connectivity index (χ1n) is 6.45. The first kappa shape index (κ1) is 14.7. The fourth-order valence-electron chi connectivity index (χ4n) is 1.85. The van der Waals surface area contributed by atoms with Gasteiger partial charge in [-0.25, -0.2) is 0 Å². The van der Waals surface area contributed by atoms with Gasteiger partial charge in [-0.05, 0) is 31.0 Å². The fourth-order valence-corrected chi connectivity index (χ4v) is 1.85. The summed E-state index contributed by atoms with van der Waals surface area (Å²) in [5, 5.41) is 11.9. The lowest BCUT2D eigenvalue weighted by Gasteiger charge is -2.08. The van der Waals surface area contributed by atoms with Gasteiger partial charge in [0.15, 0.2) is 0 Å². The van der Waals surface area contributed by atoms with Crippen molar-refractivity contribution in [3.05, 3.63) is 35.4 Å². The van der Waals surface area contributed by atoms with Gasteiger partial charge in [0.2, 0.25) is 5.91 Å². The number of primary amides is 1. The molecule has 0 spiro atoms. The van der Waals surface area contributed by atoms with Crippen molar-refractivity contribution in [3.63, 3.8) is 0 Å². The molecule has 4 N–H and O–H groups in total. The van der Waals surface area contributed by atoms with Crippen molar-refractivity contribution in [3.8, 4) is 0 Å². The first-order chi connectivity index (χ1) is 8.75. The van der Waals surface area contributed by atoms with Gasteiger partial charge in [0, 0.05) is 18.7 Å². The standard InChI is InChI=1S/C14H22N2O2/c15-14(18)13-8-4-3-7-12(13)11-16-9-5-1-2-6-10-17/h3-4,7-8,16-17H,1-2,5-6,9-11H2,(H2,15,18). The zero-order valence-corrected chi connectivity index (χ0v) is 10.7. The lowest BCUT2D eigenvalue weighted by molar-refractivity contribution is 0.0999. The number of carbonyl (C=O) groups excluding carboxylic acids is 1. The normalized spacial score (nSPS) is 10.5. The van der Waals surface area contributed by atoms with E-state index in [4.69, 9.17) is 10.8 Å². The Labute approximate surface area is 108 Å². The fraction of sp³-hybridized carbons (Fsp3) is 0.500. The number of rotatable bonds is 9. The summed E-state index contributed by atoms with van der Waals surface area (Å²) in [5.74, 6) is -0.379. The van der Waals surface area contributed by atoms with E-state index < -0.39 is 0 Å². The maximum absolute atomic E-state index is 11.2. The Morgan fingerprint density at radius 1 is 1.17 bits per heavy atom. The Hall–Kier alpha value is -1.39. The number of nitrogens with one attached hydrogen (secondary N) is 1. The van der Waals surface area contributed by atoms with E-state index in [-0.39, 0.29) is 12.5 Å². The van der Waals surface area contributed by atoms with Crippen LogP contribution in [0, 0.1) is 0 Å². The second kappa shape index (κ2) is 8.66. The number of amides is 1. The van der Waals surface area contributed by atoms with E-state index in [0.717, 1.165) is 37.8 Å². The maximum atomic E-state index is 11.2. The molecule has 0 radical (unpaired) electrons. The molecule has 0 aliphatic carbocycles. The molecule has 0 fully saturated rings. The number of hydrogen-bond donors (Lipinski definition) is 3. The van der Waals surface area contributed by atoms with E-state index in [2.05, 4.69) is 5.32 Å². The monoisotopic (exact) mass is 250 g/mol. The van der Waals surface area contributed by atoms with Crippen LogP contribution in [0.5, 0.6) is 0 Å². The number of hydrogen-bond acceptors (Lipinski definition) is 3. The van der Waals surface area contributed by atoms with Gasteiger partial charge in [0.05, 0.1) is 0 Å². The minimum atomic E-state index is -0.379. The minimum absolute atomic E-state index is 0.277. The van der Waals surface area contributed by atoms with Crippen molar-refractivity contribution in [2.75, 3.05) is 13.2 Å². The zero-order chi connectivity index (χ0) is 13.2. The number of unbranched alkanes of at least 4 members (excludes halogenated alkanes) is 3. The molecular formula is C14H22N2O2. The van der Waals surface area contributed by atoms with Gasteiger partial charge in [-0.3, -0.25) is 4.79 Å². The molecule has 0 heterocycles. The molecule has 1 aromatic rings. The Kier molecular flexibility index (Phi) is 7.06. The molecule has 0 aliphatic rings. The largest absolute Gasteiger partial charge is 0.396 e. The maximum Gasteiger partial charge on any atom is 0.249 e. The highest BCUT2D eigenvalue weighted by Crippen LogP contribution is 2.07. The summed E-state index contributed by atoms with van der Waals surface area (Å²) in [6, 6.07) is 7.39. The van der Waals surface area contributed by atoms with Crippen LogP contribution in [0.3, 0.4) is 0 Å². The topological polar surface area (TPSA) is 75.4 Å². The zero-order valence-electron chi connectivity index (χ0n) is 10.7. The van der Waals surface area contributed by atoms with E-state index in [1.165, 1.54) is 0 Å². The summed E-state index contributed by atoms with van der Waals surface area (Å²) in [4.78, 5) is 11.2. The van der Waals surface area contributed by atoms with Crippen molar-refractivity contribution >= 4 is 5.91 Å². The lowest BCUT2D eigenvalue weighted by atomic mass is 10.1. The summed E-state index contributed by atoms with van der Waals surface area (Å²) in [5.41, 5.74) is 6.84. The third kappa shape index (κ3) is 5.29. The Morgan fingerprint density at radius 2 is 1.89 bits per heavy atom. The van der Waals surface area contributed by atoms with E-state index in [0.29, 0.717) is 12.1 Å². The van der Waals surface area contributed by atoms with Crippen LogP contribution >= 0.6 is 0 Å². The summed E-state index contributed by atoms with van der Waals surface area (Å²) >= 11 is 0. The van der Waals surface area contributed by atoms with Crippen LogP contribution in [0.2, 0.25) is 0 Å². The molecule has 100 valence electrons. The molecule has 0 aromatic heterocycles. The average Bonchev–Trinajstić information content (AvgIpc) is 2.38. The van der Waals surface area contributed by atoms with Gasteiger partial charge in [0.1, 0.15) is 0 Å².